The number of halogens is 1. The molecule has 0 saturated carbocycles. The zero-order valence-corrected chi connectivity index (χ0v) is 11.2. The largest absolute Gasteiger partial charge is 0.496 e. The van der Waals surface area contributed by atoms with Gasteiger partial charge in [-0.15, -0.1) is 0 Å². The van der Waals surface area contributed by atoms with Crippen LogP contribution in [0.1, 0.15) is 31.7 Å². The van der Waals surface area contributed by atoms with E-state index in [1.165, 1.54) is 12.8 Å². The Morgan fingerprint density at radius 3 is 2.71 bits per heavy atom. The topological polar surface area (TPSA) is 41.5 Å². The van der Waals surface area contributed by atoms with E-state index >= 15 is 0 Å². The predicted octanol–water partition coefficient (Wildman–Crippen LogP) is 3.44. The quantitative estimate of drug-likeness (QED) is 0.736. The number of unbranched alkanes of at least 4 members (excludes halogenated alkanes) is 2. The van der Waals surface area contributed by atoms with E-state index in [9.17, 15) is 0 Å². The Labute approximate surface area is 108 Å². The highest BCUT2D eigenvalue weighted by atomic mass is 35.5. The molecule has 1 aromatic rings. The van der Waals surface area contributed by atoms with Gasteiger partial charge in [0.15, 0.2) is 0 Å². The Hall–Kier alpha value is -0.930. The third-order valence-electron chi connectivity index (χ3n) is 2.64. The summed E-state index contributed by atoms with van der Waals surface area (Å²) in [5, 5.41) is 13.0. The summed E-state index contributed by atoms with van der Waals surface area (Å²) in [5.74, 6) is 0.662. The molecule has 0 aliphatic carbocycles. The molecule has 0 atom stereocenters. The van der Waals surface area contributed by atoms with Gasteiger partial charge in [0.2, 0.25) is 0 Å². The van der Waals surface area contributed by atoms with Crippen LogP contribution in [0.5, 0.6) is 5.75 Å². The van der Waals surface area contributed by atoms with Crippen LogP contribution < -0.4 is 10.1 Å². The Balaban J connectivity index is 2.71. The Morgan fingerprint density at radius 1 is 1.35 bits per heavy atom. The molecular weight excluding hydrogens is 238 g/mol. The number of rotatable bonds is 7. The molecule has 0 heterocycles. The fraction of sp³-hybridized carbons (Fsp3) is 0.538. The summed E-state index contributed by atoms with van der Waals surface area (Å²) >= 11 is 6.12. The minimum Gasteiger partial charge on any atom is -0.496 e. The molecular formula is C13H20ClNO2. The van der Waals surface area contributed by atoms with Gasteiger partial charge in [-0.2, -0.15) is 0 Å². The van der Waals surface area contributed by atoms with Crippen molar-refractivity contribution in [2.75, 3.05) is 19.0 Å². The van der Waals surface area contributed by atoms with Crippen LogP contribution in [-0.2, 0) is 6.61 Å². The molecule has 0 saturated heterocycles. The maximum Gasteiger partial charge on any atom is 0.126 e. The van der Waals surface area contributed by atoms with Crippen LogP contribution in [0.25, 0.3) is 0 Å². The molecule has 2 N–H and O–H groups in total. The fourth-order valence-corrected chi connectivity index (χ4v) is 1.89. The molecule has 0 aromatic heterocycles. The number of nitrogens with one attached hydrogen (secondary N) is 1. The molecule has 1 aromatic carbocycles. The molecule has 0 fully saturated rings. The summed E-state index contributed by atoms with van der Waals surface area (Å²) in [4.78, 5) is 0. The van der Waals surface area contributed by atoms with E-state index in [-0.39, 0.29) is 6.61 Å². The maximum absolute atomic E-state index is 9.15. The molecule has 0 bridgehead atoms. The van der Waals surface area contributed by atoms with Crippen molar-refractivity contribution >= 4 is 17.3 Å². The molecule has 0 aliphatic heterocycles. The number of methoxy groups -OCH3 is 1. The van der Waals surface area contributed by atoms with Crippen molar-refractivity contribution in [3.05, 3.63) is 22.7 Å². The Morgan fingerprint density at radius 2 is 2.12 bits per heavy atom. The molecule has 3 nitrogen and oxygen atoms in total. The number of aliphatic hydroxyl groups is 1. The predicted molar refractivity (Wildman–Crippen MR) is 71.9 cm³/mol. The molecule has 0 radical (unpaired) electrons. The molecule has 1 rings (SSSR count). The second-order valence-electron chi connectivity index (χ2n) is 3.94. The average Bonchev–Trinajstić information content (AvgIpc) is 2.35. The van der Waals surface area contributed by atoms with Crippen LogP contribution in [-0.4, -0.2) is 18.8 Å². The Kier molecular flexibility index (Phi) is 6.16. The van der Waals surface area contributed by atoms with Crippen molar-refractivity contribution in [2.24, 2.45) is 0 Å². The van der Waals surface area contributed by atoms with Crippen molar-refractivity contribution in [3.63, 3.8) is 0 Å². The minimum absolute atomic E-state index is 0.0704. The van der Waals surface area contributed by atoms with Gasteiger partial charge in [-0.1, -0.05) is 31.4 Å². The molecule has 17 heavy (non-hydrogen) atoms. The van der Waals surface area contributed by atoms with Crippen LogP contribution in [0.4, 0.5) is 5.69 Å². The van der Waals surface area contributed by atoms with Crippen molar-refractivity contribution in [1.29, 1.82) is 0 Å². The molecule has 0 aliphatic rings. The van der Waals surface area contributed by atoms with Gasteiger partial charge in [0, 0.05) is 18.2 Å². The van der Waals surface area contributed by atoms with Crippen molar-refractivity contribution in [1.82, 2.24) is 0 Å². The SMILES string of the molecule is CCCCCNc1cc(OC)c(CO)cc1Cl. The van der Waals surface area contributed by atoms with Gasteiger partial charge in [0.05, 0.1) is 24.4 Å². The van der Waals surface area contributed by atoms with E-state index in [1.807, 2.05) is 6.07 Å². The van der Waals surface area contributed by atoms with Crippen molar-refractivity contribution < 1.29 is 9.84 Å². The van der Waals surface area contributed by atoms with Crippen LogP contribution in [0.3, 0.4) is 0 Å². The highest BCUT2D eigenvalue weighted by molar-refractivity contribution is 6.33. The van der Waals surface area contributed by atoms with Crippen LogP contribution in [0, 0.1) is 0 Å². The fourth-order valence-electron chi connectivity index (χ4n) is 1.64. The average molecular weight is 258 g/mol. The summed E-state index contributed by atoms with van der Waals surface area (Å²) in [6, 6.07) is 3.57. The second-order valence-corrected chi connectivity index (χ2v) is 4.34. The van der Waals surface area contributed by atoms with E-state index in [0.717, 1.165) is 18.7 Å². The van der Waals surface area contributed by atoms with Crippen LogP contribution in [0.2, 0.25) is 5.02 Å². The van der Waals surface area contributed by atoms with Gasteiger partial charge in [-0.3, -0.25) is 0 Å². The summed E-state index contributed by atoms with van der Waals surface area (Å²) < 4.78 is 5.20. The standard InChI is InChI=1S/C13H20ClNO2/c1-3-4-5-6-15-12-8-13(17-2)10(9-16)7-11(12)14/h7-8,15-16H,3-6,9H2,1-2H3. The van der Waals surface area contributed by atoms with Gasteiger partial charge < -0.3 is 15.2 Å². The molecule has 0 unspecified atom stereocenters. The summed E-state index contributed by atoms with van der Waals surface area (Å²) in [7, 11) is 1.59. The first-order valence-electron chi connectivity index (χ1n) is 5.94. The first-order chi connectivity index (χ1) is 8.22. The van der Waals surface area contributed by atoms with E-state index in [2.05, 4.69) is 12.2 Å². The van der Waals surface area contributed by atoms with E-state index in [4.69, 9.17) is 21.4 Å². The third kappa shape index (κ3) is 4.10. The van der Waals surface area contributed by atoms with Crippen molar-refractivity contribution in [3.8, 4) is 5.75 Å². The molecule has 96 valence electrons. The number of anilines is 1. The lowest BCUT2D eigenvalue weighted by molar-refractivity contribution is 0.274. The first-order valence-corrected chi connectivity index (χ1v) is 6.31. The maximum atomic E-state index is 9.15. The smallest absolute Gasteiger partial charge is 0.126 e. The van der Waals surface area contributed by atoms with Gasteiger partial charge in [-0.25, -0.2) is 0 Å². The monoisotopic (exact) mass is 257 g/mol. The number of benzene rings is 1. The molecule has 4 heteroatoms. The third-order valence-corrected chi connectivity index (χ3v) is 2.95. The normalized spacial score (nSPS) is 10.4. The van der Waals surface area contributed by atoms with Gasteiger partial charge in [0.25, 0.3) is 0 Å². The van der Waals surface area contributed by atoms with Gasteiger partial charge in [-0.05, 0) is 12.5 Å². The van der Waals surface area contributed by atoms with E-state index in [0.29, 0.717) is 16.3 Å². The summed E-state index contributed by atoms with van der Waals surface area (Å²) in [5.41, 5.74) is 1.56. The number of aliphatic hydroxyl groups excluding tert-OH is 1. The summed E-state index contributed by atoms with van der Waals surface area (Å²) in [6.07, 6.45) is 3.52. The summed E-state index contributed by atoms with van der Waals surface area (Å²) in [6.45, 7) is 3.00. The van der Waals surface area contributed by atoms with Crippen LogP contribution in [0.15, 0.2) is 12.1 Å². The van der Waals surface area contributed by atoms with Crippen molar-refractivity contribution in [2.45, 2.75) is 32.8 Å². The lowest BCUT2D eigenvalue weighted by Crippen LogP contribution is -2.03. The lowest BCUT2D eigenvalue weighted by atomic mass is 10.2. The highest BCUT2D eigenvalue weighted by Crippen LogP contribution is 2.30. The van der Waals surface area contributed by atoms with E-state index in [1.54, 1.807) is 13.2 Å². The number of ether oxygens (including phenoxy) is 1. The van der Waals surface area contributed by atoms with Crippen LogP contribution >= 0.6 is 11.6 Å². The first kappa shape index (κ1) is 14.1. The molecule has 0 spiro atoms. The Bertz CT molecular complexity index is 356. The second kappa shape index (κ2) is 7.41. The highest BCUT2D eigenvalue weighted by Gasteiger charge is 2.08. The lowest BCUT2D eigenvalue weighted by Gasteiger charge is -2.13. The zero-order valence-electron chi connectivity index (χ0n) is 10.4. The minimum atomic E-state index is -0.0704. The van der Waals surface area contributed by atoms with Gasteiger partial charge in [0.1, 0.15) is 5.75 Å². The number of hydrogen-bond acceptors (Lipinski definition) is 3. The number of hydrogen-bond donors (Lipinski definition) is 2. The zero-order chi connectivity index (χ0) is 12.7. The van der Waals surface area contributed by atoms with Gasteiger partial charge >= 0.3 is 0 Å². The molecule has 0 amide bonds. The van der Waals surface area contributed by atoms with E-state index < -0.39 is 0 Å².